The van der Waals surface area contributed by atoms with Gasteiger partial charge in [-0.25, -0.2) is 0 Å². The molecule has 1 aromatic carbocycles. The molecule has 23 heavy (non-hydrogen) atoms. The van der Waals surface area contributed by atoms with E-state index in [2.05, 4.69) is 20.6 Å². The van der Waals surface area contributed by atoms with Gasteiger partial charge in [-0.05, 0) is 5.56 Å². The largest absolute Gasteiger partial charge is 0.451 e. The number of oxime groups is 1. The van der Waals surface area contributed by atoms with Crippen molar-refractivity contribution >= 4 is 17.6 Å². The summed E-state index contributed by atoms with van der Waals surface area (Å²) in [5.41, 5.74) is 1.39. The van der Waals surface area contributed by atoms with Gasteiger partial charge in [-0.1, -0.05) is 35.5 Å². The quantitative estimate of drug-likeness (QED) is 0.902. The lowest BCUT2D eigenvalue weighted by Gasteiger charge is -2.06. The summed E-state index contributed by atoms with van der Waals surface area (Å²) in [5.74, 6) is -2.44. The van der Waals surface area contributed by atoms with Crippen LogP contribution in [-0.2, 0) is 15.8 Å². The van der Waals surface area contributed by atoms with Gasteiger partial charge in [0.2, 0.25) is 17.9 Å². The second kappa shape index (κ2) is 5.71. The Morgan fingerprint density at radius 1 is 1.30 bits per heavy atom. The smallest absolute Gasteiger partial charge is 0.382 e. The first-order chi connectivity index (χ1) is 10.9. The number of nitrogens with one attached hydrogen (secondary N) is 2. The molecule has 120 valence electrons. The van der Waals surface area contributed by atoms with Gasteiger partial charge in [0.25, 0.3) is 5.91 Å². The van der Waals surface area contributed by atoms with E-state index >= 15 is 0 Å². The zero-order valence-electron chi connectivity index (χ0n) is 11.5. The highest BCUT2D eigenvalue weighted by molar-refractivity contribution is 6.05. The maximum Gasteiger partial charge on any atom is 0.451 e. The van der Waals surface area contributed by atoms with Crippen LogP contribution in [0.2, 0.25) is 0 Å². The Hall–Kier alpha value is -2.91. The second-order valence-electron chi connectivity index (χ2n) is 4.70. The van der Waals surface area contributed by atoms with Crippen molar-refractivity contribution < 1.29 is 22.8 Å². The zero-order chi connectivity index (χ0) is 16.4. The monoisotopic (exact) mass is 325 g/mol. The molecule has 3 rings (SSSR count). The van der Waals surface area contributed by atoms with E-state index in [1.807, 2.05) is 30.3 Å². The first-order valence-corrected chi connectivity index (χ1v) is 6.52. The average Bonchev–Trinajstić information content (AvgIpc) is 3.16. The molecule has 1 aliphatic heterocycles. The van der Waals surface area contributed by atoms with Gasteiger partial charge < -0.3 is 4.84 Å². The van der Waals surface area contributed by atoms with Gasteiger partial charge in [0.1, 0.15) is 0 Å². The summed E-state index contributed by atoms with van der Waals surface area (Å²) in [5, 5.41) is 11.0. The highest BCUT2D eigenvalue weighted by atomic mass is 19.4. The summed E-state index contributed by atoms with van der Waals surface area (Å²) >= 11 is 0. The average molecular weight is 325 g/mol. The molecule has 7 nitrogen and oxygen atoms in total. The number of amides is 1. The Kier molecular flexibility index (Phi) is 3.72. The van der Waals surface area contributed by atoms with Crippen molar-refractivity contribution in [3.63, 3.8) is 0 Å². The Balaban J connectivity index is 1.61. The van der Waals surface area contributed by atoms with Crippen molar-refractivity contribution in [1.82, 2.24) is 15.2 Å². The molecule has 0 bridgehead atoms. The first-order valence-electron chi connectivity index (χ1n) is 6.52. The molecule has 0 fully saturated rings. The van der Waals surface area contributed by atoms with E-state index in [4.69, 9.17) is 4.84 Å². The van der Waals surface area contributed by atoms with Crippen molar-refractivity contribution in [3.05, 3.63) is 41.7 Å². The summed E-state index contributed by atoms with van der Waals surface area (Å²) in [6.07, 6.45) is -5.41. The van der Waals surface area contributed by atoms with E-state index in [0.29, 0.717) is 5.71 Å². The predicted molar refractivity (Wildman–Crippen MR) is 72.5 cm³/mol. The minimum absolute atomic E-state index is 0.201. The van der Waals surface area contributed by atoms with Crippen LogP contribution in [0.25, 0.3) is 0 Å². The number of nitrogens with zero attached hydrogens (tertiary/aromatic N) is 3. The SMILES string of the molecule is O=C(Nc1n[nH]c(C(F)(F)F)n1)C1CC(c2ccccc2)=NO1. The molecule has 1 unspecified atom stereocenters. The minimum Gasteiger partial charge on any atom is -0.382 e. The number of carbonyl (C=O) groups is 1. The van der Waals surface area contributed by atoms with Crippen LogP contribution in [0.15, 0.2) is 35.5 Å². The van der Waals surface area contributed by atoms with E-state index in [-0.39, 0.29) is 6.42 Å². The van der Waals surface area contributed by atoms with Gasteiger partial charge >= 0.3 is 6.18 Å². The van der Waals surface area contributed by atoms with Crippen LogP contribution < -0.4 is 5.32 Å². The number of rotatable bonds is 3. The number of hydrogen-bond donors (Lipinski definition) is 2. The molecule has 0 saturated carbocycles. The van der Waals surface area contributed by atoms with Gasteiger partial charge in [-0.3, -0.25) is 15.2 Å². The Morgan fingerprint density at radius 2 is 2.04 bits per heavy atom. The number of alkyl halides is 3. The lowest BCUT2D eigenvalue weighted by atomic mass is 10.1. The topological polar surface area (TPSA) is 92.3 Å². The molecule has 0 saturated heterocycles. The highest BCUT2D eigenvalue weighted by Crippen LogP contribution is 2.26. The molecule has 0 spiro atoms. The van der Waals surface area contributed by atoms with Crippen molar-refractivity contribution in [2.24, 2.45) is 5.16 Å². The molecule has 10 heteroatoms. The molecule has 1 amide bonds. The predicted octanol–water partition coefficient (Wildman–Crippen LogP) is 1.96. The van der Waals surface area contributed by atoms with Gasteiger partial charge in [0.15, 0.2) is 0 Å². The Labute approximate surface area is 127 Å². The van der Waals surface area contributed by atoms with Gasteiger partial charge in [0.05, 0.1) is 5.71 Å². The molecule has 1 aromatic heterocycles. The second-order valence-corrected chi connectivity index (χ2v) is 4.70. The van der Waals surface area contributed by atoms with E-state index in [1.165, 1.54) is 0 Å². The summed E-state index contributed by atoms with van der Waals surface area (Å²) in [7, 11) is 0. The molecule has 1 atom stereocenters. The molecule has 2 aromatic rings. The highest BCUT2D eigenvalue weighted by Gasteiger charge is 2.36. The minimum atomic E-state index is -4.66. The lowest BCUT2D eigenvalue weighted by Crippen LogP contribution is -2.28. The number of halogens is 3. The fourth-order valence-electron chi connectivity index (χ4n) is 1.95. The van der Waals surface area contributed by atoms with E-state index in [0.717, 1.165) is 5.56 Å². The number of benzene rings is 1. The maximum atomic E-state index is 12.4. The Bertz CT molecular complexity index is 742. The number of aromatic amines is 1. The molecule has 1 aliphatic rings. The van der Waals surface area contributed by atoms with Crippen molar-refractivity contribution in [1.29, 1.82) is 0 Å². The number of carbonyl (C=O) groups excluding carboxylic acids is 1. The molecule has 2 N–H and O–H groups in total. The molecule has 2 heterocycles. The fourth-order valence-corrected chi connectivity index (χ4v) is 1.95. The van der Waals surface area contributed by atoms with Crippen molar-refractivity contribution in [3.8, 4) is 0 Å². The Morgan fingerprint density at radius 3 is 2.70 bits per heavy atom. The van der Waals surface area contributed by atoms with Crippen LogP contribution in [0.1, 0.15) is 17.8 Å². The van der Waals surface area contributed by atoms with Gasteiger partial charge in [-0.15, -0.1) is 5.10 Å². The van der Waals surface area contributed by atoms with E-state index < -0.39 is 30.0 Å². The van der Waals surface area contributed by atoms with Crippen molar-refractivity contribution in [2.45, 2.75) is 18.7 Å². The third-order valence-electron chi connectivity index (χ3n) is 3.06. The lowest BCUT2D eigenvalue weighted by molar-refractivity contribution is -0.144. The third-order valence-corrected chi connectivity index (χ3v) is 3.06. The van der Waals surface area contributed by atoms with Crippen LogP contribution in [0.5, 0.6) is 0 Å². The van der Waals surface area contributed by atoms with Crippen LogP contribution in [0, 0.1) is 0 Å². The van der Waals surface area contributed by atoms with Gasteiger partial charge in [-0.2, -0.15) is 18.2 Å². The van der Waals surface area contributed by atoms with E-state index in [1.54, 1.807) is 5.10 Å². The molecule has 0 aliphatic carbocycles. The van der Waals surface area contributed by atoms with Crippen LogP contribution in [-0.4, -0.2) is 32.9 Å². The summed E-state index contributed by atoms with van der Waals surface area (Å²) in [6, 6.07) is 9.10. The standard InChI is InChI=1S/C13H10F3N5O2/c14-13(15,16)11-18-12(20-19-11)17-10(22)9-6-8(21-23-9)7-4-2-1-3-5-7/h1-5,9H,6H2,(H2,17,18,19,20,22). The third kappa shape index (κ3) is 3.30. The van der Waals surface area contributed by atoms with Crippen molar-refractivity contribution in [2.75, 3.05) is 5.32 Å². The number of anilines is 1. The molecule has 0 radical (unpaired) electrons. The molecular weight excluding hydrogens is 315 g/mol. The van der Waals surface area contributed by atoms with Crippen LogP contribution in [0.4, 0.5) is 19.1 Å². The first kappa shape index (κ1) is 15.0. The maximum absolute atomic E-state index is 12.4. The zero-order valence-corrected chi connectivity index (χ0v) is 11.5. The summed E-state index contributed by atoms with van der Waals surface area (Å²) in [4.78, 5) is 20.1. The van der Waals surface area contributed by atoms with E-state index in [9.17, 15) is 18.0 Å². The normalized spacial score (nSPS) is 17.5. The molecular formula is C13H10F3N5O2. The van der Waals surface area contributed by atoms with Crippen LogP contribution >= 0.6 is 0 Å². The number of hydrogen-bond acceptors (Lipinski definition) is 5. The fraction of sp³-hybridized carbons (Fsp3) is 0.231. The number of aromatic nitrogens is 3. The van der Waals surface area contributed by atoms with Gasteiger partial charge in [0, 0.05) is 6.42 Å². The summed E-state index contributed by atoms with van der Waals surface area (Å²) < 4.78 is 37.2. The number of H-pyrrole nitrogens is 1. The summed E-state index contributed by atoms with van der Waals surface area (Å²) in [6.45, 7) is 0. The van der Waals surface area contributed by atoms with Crippen LogP contribution in [0.3, 0.4) is 0 Å².